The number of nitrogens with two attached hydrogens (primary N) is 1. The molecule has 112 valence electrons. The van der Waals surface area contributed by atoms with Crippen LogP contribution in [0.2, 0.25) is 0 Å². The molecule has 0 aromatic carbocycles. The summed E-state index contributed by atoms with van der Waals surface area (Å²) in [5.41, 5.74) is 5.79. The highest BCUT2D eigenvalue weighted by Gasteiger charge is 2.30. The molecule has 6 nitrogen and oxygen atoms in total. The Morgan fingerprint density at radius 3 is 2.25 bits per heavy atom. The van der Waals surface area contributed by atoms with E-state index in [1.807, 2.05) is 40.9 Å². The van der Waals surface area contributed by atoms with Gasteiger partial charge in [0, 0.05) is 32.2 Å². The first kappa shape index (κ1) is 15.0. The van der Waals surface area contributed by atoms with Gasteiger partial charge in [-0.2, -0.15) is 0 Å². The minimum atomic E-state index is -0.0750. The second-order valence-electron chi connectivity index (χ2n) is 5.83. The number of nitrogens with zero attached hydrogens (tertiary/aromatic N) is 3. The molecule has 0 radical (unpaired) electrons. The molecular formula is C14H24N4O2. The van der Waals surface area contributed by atoms with Gasteiger partial charge in [0.25, 0.3) is 0 Å². The van der Waals surface area contributed by atoms with E-state index in [0.717, 1.165) is 0 Å². The van der Waals surface area contributed by atoms with Crippen molar-refractivity contribution in [3.8, 4) is 0 Å². The maximum absolute atomic E-state index is 12.3. The normalized spacial score (nSPS) is 26.4. The molecule has 20 heavy (non-hydrogen) atoms. The zero-order valence-electron chi connectivity index (χ0n) is 12.3. The molecule has 0 spiro atoms. The van der Waals surface area contributed by atoms with Crippen molar-refractivity contribution in [2.24, 2.45) is 11.7 Å². The number of hydrogen-bond acceptors (Lipinski definition) is 4. The van der Waals surface area contributed by atoms with Crippen molar-refractivity contribution in [2.45, 2.75) is 12.5 Å². The minimum Gasteiger partial charge on any atom is -0.339 e. The molecule has 0 aromatic rings. The molecule has 0 saturated carbocycles. The Balaban J connectivity index is 1.81. The van der Waals surface area contributed by atoms with Crippen LogP contribution >= 0.6 is 0 Å². The van der Waals surface area contributed by atoms with Crippen LogP contribution in [-0.4, -0.2) is 79.4 Å². The van der Waals surface area contributed by atoms with Crippen molar-refractivity contribution in [1.82, 2.24) is 14.7 Å². The zero-order chi connectivity index (χ0) is 14.7. The van der Waals surface area contributed by atoms with Crippen molar-refractivity contribution in [1.29, 1.82) is 0 Å². The SMILES string of the molecule is CN(C)CC(=O)N1CCN(C(=O)C2C=CC(N)C2)CC1. The summed E-state index contributed by atoms with van der Waals surface area (Å²) in [7, 11) is 3.76. The molecule has 2 N–H and O–H groups in total. The Bertz CT molecular complexity index is 400. The fourth-order valence-corrected chi connectivity index (χ4v) is 2.69. The molecule has 2 unspecified atom stereocenters. The van der Waals surface area contributed by atoms with E-state index in [4.69, 9.17) is 5.73 Å². The number of amides is 2. The molecule has 2 atom stereocenters. The number of carbonyl (C=O) groups is 2. The number of carbonyl (C=O) groups excluding carboxylic acids is 2. The van der Waals surface area contributed by atoms with Crippen LogP contribution in [0.15, 0.2) is 12.2 Å². The van der Waals surface area contributed by atoms with E-state index >= 15 is 0 Å². The predicted octanol–water partition coefficient (Wildman–Crippen LogP) is -0.878. The summed E-state index contributed by atoms with van der Waals surface area (Å²) in [6, 6.07) is 0.00640. The van der Waals surface area contributed by atoms with Gasteiger partial charge in [-0.3, -0.25) is 9.59 Å². The van der Waals surface area contributed by atoms with Crippen LogP contribution in [-0.2, 0) is 9.59 Å². The van der Waals surface area contributed by atoms with Gasteiger partial charge in [-0.05, 0) is 20.5 Å². The summed E-state index contributed by atoms with van der Waals surface area (Å²) in [4.78, 5) is 29.8. The standard InChI is InChI=1S/C14H24N4O2/c1-16(2)10-13(19)17-5-7-18(8-6-17)14(20)11-3-4-12(15)9-11/h3-4,11-12H,5-10,15H2,1-2H3. The van der Waals surface area contributed by atoms with Crippen LogP contribution in [0.1, 0.15) is 6.42 Å². The fraction of sp³-hybridized carbons (Fsp3) is 0.714. The summed E-state index contributed by atoms with van der Waals surface area (Å²) in [5, 5.41) is 0. The van der Waals surface area contributed by atoms with E-state index in [2.05, 4.69) is 0 Å². The van der Waals surface area contributed by atoms with Crippen LogP contribution in [0, 0.1) is 5.92 Å². The van der Waals surface area contributed by atoms with E-state index in [9.17, 15) is 9.59 Å². The molecular weight excluding hydrogens is 256 g/mol. The van der Waals surface area contributed by atoms with Gasteiger partial charge in [-0.25, -0.2) is 0 Å². The molecule has 1 saturated heterocycles. The largest absolute Gasteiger partial charge is 0.339 e. The van der Waals surface area contributed by atoms with Gasteiger partial charge in [0.15, 0.2) is 0 Å². The zero-order valence-corrected chi connectivity index (χ0v) is 12.3. The Hall–Kier alpha value is -1.40. The summed E-state index contributed by atoms with van der Waals surface area (Å²) in [6.45, 7) is 2.92. The molecule has 1 heterocycles. The summed E-state index contributed by atoms with van der Waals surface area (Å²) >= 11 is 0. The van der Waals surface area contributed by atoms with Gasteiger partial charge >= 0.3 is 0 Å². The lowest BCUT2D eigenvalue weighted by atomic mass is 10.1. The van der Waals surface area contributed by atoms with Crippen molar-refractivity contribution >= 4 is 11.8 Å². The van der Waals surface area contributed by atoms with Crippen molar-refractivity contribution in [3.63, 3.8) is 0 Å². The van der Waals surface area contributed by atoms with Crippen molar-refractivity contribution < 1.29 is 9.59 Å². The molecule has 2 aliphatic rings. The van der Waals surface area contributed by atoms with Crippen LogP contribution in [0.3, 0.4) is 0 Å². The van der Waals surface area contributed by atoms with E-state index in [1.54, 1.807) is 0 Å². The molecule has 1 aliphatic heterocycles. The van der Waals surface area contributed by atoms with Gasteiger partial charge < -0.3 is 20.4 Å². The fourth-order valence-electron chi connectivity index (χ4n) is 2.69. The van der Waals surface area contributed by atoms with Gasteiger partial charge in [-0.15, -0.1) is 0 Å². The number of piperazine rings is 1. The molecule has 1 aliphatic carbocycles. The van der Waals surface area contributed by atoms with Gasteiger partial charge in [0.2, 0.25) is 11.8 Å². The first-order chi connectivity index (χ1) is 9.47. The molecule has 6 heteroatoms. The summed E-state index contributed by atoms with van der Waals surface area (Å²) < 4.78 is 0. The third-order valence-corrected chi connectivity index (χ3v) is 3.83. The lowest BCUT2D eigenvalue weighted by Gasteiger charge is -2.36. The highest BCUT2D eigenvalue weighted by atomic mass is 16.2. The van der Waals surface area contributed by atoms with Gasteiger partial charge in [0.05, 0.1) is 12.5 Å². The van der Waals surface area contributed by atoms with Crippen molar-refractivity contribution in [3.05, 3.63) is 12.2 Å². The minimum absolute atomic E-state index is 0.00640. The second-order valence-corrected chi connectivity index (χ2v) is 5.83. The molecule has 0 aromatic heterocycles. The van der Waals surface area contributed by atoms with Crippen LogP contribution < -0.4 is 5.73 Å². The van der Waals surface area contributed by atoms with Crippen molar-refractivity contribution in [2.75, 3.05) is 46.8 Å². The van der Waals surface area contributed by atoms with Crippen LogP contribution in [0.4, 0.5) is 0 Å². The average molecular weight is 280 g/mol. The number of hydrogen-bond donors (Lipinski definition) is 1. The first-order valence-electron chi connectivity index (χ1n) is 7.12. The summed E-state index contributed by atoms with van der Waals surface area (Å²) in [6.07, 6.45) is 4.52. The topological polar surface area (TPSA) is 69.9 Å². The Labute approximate surface area is 120 Å². The highest BCUT2D eigenvalue weighted by molar-refractivity contribution is 5.82. The highest BCUT2D eigenvalue weighted by Crippen LogP contribution is 2.19. The lowest BCUT2D eigenvalue weighted by Crippen LogP contribution is -2.53. The molecule has 1 fully saturated rings. The number of likely N-dealkylation sites (N-methyl/N-ethyl adjacent to an activating group) is 1. The van der Waals surface area contributed by atoms with E-state index < -0.39 is 0 Å². The van der Waals surface area contributed by atoms with Crippen LogP contribution in [0.25, 0.3) is 0 Å². The van der Waals surface area contributed by atoms with Crippen LogP contribution in [0.5, 0.6) is 0 Å². The number of rotatable bonds is 3. The smallest absolute Gasteiger partial charge is 0.236 e. The Morgan fingerprint density at radius 1 is 1.15 bits per heavy atom. The maximum atomic E-state index is 12.3. The Kier molecular flexibility index (Phi) is 4.77. The molecule has 0 bridgehead atoms. The third-order valence-electron chi connectivity index (χ3n) is 3.83. The Morgan fingerprint density at radius 2 is 1.75 bits per heavy atom. The van der Waals surface area contributed by atoms with E-state index in [-0.39, 0.29) is 23.8 Å². The van der Waals surface area contributed by atoms with Gasteiger partial charge in [0.1, 0.15) is 0 Å². The predicted molar refractivity (Wildman–Crippen MR) is 76.9 cm³/mol. The second kappa shape index (κ2) is 6.37. The average Bonchev–Trinajstić information content (AvgIpc) is 2.84. The van der Waals surface area contributed by atoms with E-state index in [0.29, 0.717) is 39.1 Å². The third kappa shape index (κ3) is 3.58. The van der Waals surface area contributed by atoms with Gasteiger partial charge in [-0.1, -0.05) is 12.2 Å². The summed E-state index contributed by atoms with van der Waals surface area (Å²) in [5.74, 6) is 0.202. The molecule has 2 rings (SSSR count). The first-order valence-corrected chi connectivity index (χ1v) is 7.12. The lowest BCUT2D eigenvalue weighted by molar-refractivity contribution is -0.141. The maximum Gasteiger partial charge on any atom is 0.236 e. The van der Waals surface area contributed by atoms with E-state index in [1.165, 1.54) is 0 Å². The quantitative estimate of drug-likeness (QED) is 0.682. The molecule has 2 amide bonds. The monoisotopic (exact) mass is 280 g/mol.